The summed E-state index contributed by atoms with van der Waals surface area (Å²) in [7, 11) is 0. The number of aliphatic hydroxyl groups is 1. The molecule has 0 aliphatic carbocycles. The topological polar surface area (TPSA) is 20.2 Å². The van der Waals surface area contributed by atoms with Crippen LogP contribution in [0, 0.1) is 5.41 Å². The van der Waals surface area contributed by atoms with Crippen molar-refractivity contribution in [3.63, 3.8) is 0 Å². The number of aryl methyl sites for hydroxylation is 1. The van der Waals surface area contributed by atoms with Crippen molar-refractivity contribution in [2.75, 3.05) is 11.5 Å². The summed E-state index contributed by atoms with van der Waals surface area (Å²) in [5.41, 5.74) is 0.867. The maximum Gasteiger partial charge on any atom is 0.0791 e. The smallest absolute Gasteiger partial charge is 0.0791 e. The quantitative estimate of drug-likeness (QED) is 0.886. The number of thioether (sulfide) groups is 1. The molecule has 0 radical (unpaired) electrons. The second-order valence-corrected chi connectivity index (χ2v) is 6.81. The lowest BCUT2D eigenvalue weighted by Gasteiger charge is -2.46. The van der Waals surface area contributed by atoms with Crippen molar-refractivity contribution in [2.45, 2.75) is 38.7 Å². The van der Waals surface area contributed by atoms with Gasteiger partial charge in [-0.15, -0.1) is 0 Å². The molecule has 0 aromatic heterocycles. The van der Waals surface area contributed by atoms with E-state index in [4.69, 9.17) is 0 Å². The van der Waals surface area contributed by atoms with E-state index < -0.39 is 5.60 Å². The molecule has 1 atom stereocenters. The first kappa shape index (κ1) is 13.0. The van der Waals surface area contributed by atoms with Crippen molar-refractivity contribution in [1.29, 1.82) is 0 Å². The molecule has 2 heteroatoms. The first-order valence-corrected chi connectivity index (χ1v) is 7.53. The highest BCUT2D eigenvalue weighted by Gasteiger charge is 2.44. The van der Waals surface area contributed by atoms with Crippen LogP contribution in [-0.4, -0.2) is 22.2 Å². The summed E-state index contributed by atoms with van der Waals surface area (Å²) in [6, 6.07) is 10.5. The van der Waals surface area contributed by atoms with Gasteiger partial charge in [0.25, 0.3) is 0 Å². The second-order valence-electron chi connectivity index (χ2n) is 5.70. The summed E-state index contributed by atoms with van der Waals surface area (Å²) in [5, 5.41) is 10.8. The van der Waals surface area contributed by atoms with Gasteiger partial charge in [-0.2, -0.15) is 11.8 Å². The molecule has 94 valence electrons. The zero-order chi connectivity index (χ0) is 12.4. The standard InChI is InChI=1S/C15H22OS/c1-14(2)10-11-17-12-15(14,16)9-8-13-6-4-3-5-7-13/h3-7,16H,8-12H2,1-2H3. The Labute approximate surface area is 109 Å². The third-order valence-corrected chi connectivity index (χ3v) is 5.32. The normalized spacial score (nSPS) is 27.9. The molecule has 17 heavy (non-hydrogen) atoms. The summed E-state index contributed by atoms with van der Waals surface area (Å²) < 4.78 is 0. The van der Waals surface area contributed by atoms with Gasteiger partial charge >= 0.3 is 0 Å². The fraction of sp³-hybridized carbons (Fsp3) is 0.600. The Balaban J connectivity index is 2.02. The summed E-state index contributed by atoms with van der Waals surface area (Å²) in [6.07, 6.45) is 2.96. The first-order valence-electron chi connectivity index (χ1n) is 6.38. The molecule has 1 saturated heterocycles. The van der Waals surface area contributed by atoms with Crippen molar-refractivity contribution in [3.05, 3.63) is 35.9 Å². The van der Waals surface area contributed by atoms with Gasteiger partial charge in [0, 0.05) is 5.75 Å². The molecule has 2 rings (SSSR count). The van der Waals surface area contributed by atoms with Gasteiger partial charge in [-0.1, -0.05) is 44.2 Å². The van der Waals surface area contributed by atoms with Crippen molar-refractivity contribution >= 4 is 11.8 Å². The van der Waals surface area contributed by atoms with E-state index in [0.717, 1.165) is 25.0 Å². The zero-order valence-corrected chi connectivity index (χ0v) is 11.6. The number of hydrogen-bond acceptors (Lipinski definition) is 2. The lowest BCUT2D eigenvalue weighted by molar-refractivity contribution is -0.0579. The highest BCUT2D eigenvalue weighted by atomic mass is 32.2. The van der Waals surface area contributed by atoms with Gasteiger partial charge in [0.1, 0.15) is 0 Å². The number of benzene rings is 1. The van der Waals surface area contributed by atoms with Crippen molar-refractivity contribution in [3.8, 4) is 0 Å². The van der Waals surface area contributed by atoms with Crippen LogP contribution in [0.2, 0.25) is 0 Å². The van der Waals surface area contributed by atoms with Crippen LogP contribution in [0.5, 0.6) is 0 Å². The summed E-state index contributed by atoms with van der Waals surface area (Å²) in [6.45, 7) is 4.41. The molecule has 1 aliphatic rings. The fourth-order valence-corrected chi connectivity index (χ4v) is 4.07. The molecule has 0 bridgehead atoms. The van der Waals surface area contributed by atoms with Gasteiger partial charge in [-0.25, -0.2) is 0 Å². The minimum Gasteiger partial charge on any atom is -0.388 e. The van der Waals surface area contributed by atoms with Crippen LogP contribution >= 0.6 is 11.8 Å². The van der Waals surface area contributed by atoms with E-state index in [1.807, 2.05) is 17.8 Å². The van der Waals surface area contributed by atoms with Crippen LogP contribution in [0.4, 0.5) is 0 Å². The largest absolute Gasteiger partial charge is 0.388 e. The fourth-order valence-electron chi connectivity index (χ4n) is 2.40. The molecule has 1 aliphatic heterocycles. The van der Waals surface area contributed by atoms with Crippen LogP contribution in [0.1, 0.15) is 32.3 Å². The van der Waals surface area contributed by atoms with E-state index in [9.17, 15) is 5.11 Å². The lowest BCUT2D eigenvalue weighted by Crippen LogP contribution is -2.50. The molecule has 1 N–H and O–H groups in total. The second kappa shape index (κ2) is 5.03. The molecule has 0 saturated carbocycles. The van der Waals surface area contributed by atoms with Gasteiger partial charge < -0.3 is 5.11 Å². The number of rotatable bonds is 3. The molecular weight excluding hydrogens is 228 g/mol. The van der Waals surface area contributed by atoms with Gasteiger partial charge in [0.15, 0.2) is 0 Å². The van der Waals surface area contributed by atoms with Crippen molar-refractivity contribution in [2.24, 2.45) is 5.41 Å². The van der Waals surface area contributed by atoms with Crippen molar-refractivity contribution in [1.82, 2.24) is 0 Å². The number of hydrogen-bond donors (Lipinski definition) is 1. The molecular formula is C15H22OS. The Kier molecular flexibility index (Phi) is 3.84. The molecule has 1 aromatic carbocycles. The van der Waals surface area contributed by atoms with Crippen LogP contribution in [0.15, 0.2) is 30.3 Å². The average Bonchev–Trinajstić information content (AvgIpc) is 2.32. The van der Waals surface area contributed by atoms with E-state index in [1.165, 1.54) is 11.3 Å². The maximum absolute atomic E-state index is 10.8. The first-order chi connectivity index (χ1) is 8.04. The Morgan fingerprint density at radius 3 is 2.59 bits per heavy atom. The summed E-state index contributed by atoms with van der Waals surface area (Å²) in [4.78, 5) is 0. The molecule has 1 heterocycles. The van der Waals surface area contributed by atoms with Crippen LogP contribution in [0.25, 0.3) is 0 Å². The highest BCUT2D eigenvalue weighted by Crippen LogP contribution is 2.44. The molecule has 1 unspecified atom stereocenters. The Bertz CT molecular complexity index is 360. The predicted octanol–water partition coefficient (Wildman–Crippen LogP) is 3.51. The van der Waals surface area contributed by atoms with E-state index in [0.29, 0.717) is 0 Å². The van der Waals surface area contributed by atoms with E-state index in [-0.39, 0.29) is 5.41 Å². The SMILES string of the molecule is CC1(C)CCSCC1(O)CCc1ccccc1. The molecule has 1 fully saturated rings. The molecule has 1 nitrogen and oxygen atoms in total. The van der Waals surface area contributed by atoms with E-state index in [2.05, 4.69) is 38.1 Å². The van der Waals surface area contributed by atoms with E-state index in [1.54, 1.807) is 0 Å². The van der Waals surface area contributed by atoms with Gasteiger partial charge in [0.05, 0.1) is 5.60 Å². The van der Waals surface area contributed by atoms with Crippen LogP contribution < -0.4 is 0 Å². The van der Waals surface area contributed by atoms with Gasteiger partial charge in [-0.3, -0.25) is 0 Å². The summed E-state index contributed by atoms with van der Waals surface area (Å²) >= 11 is 1.89. The minimum atomic E-state index is -0.508. The summed E-state index contributed by atoms with van der Waals surface area (Å²) in [5.74, 6) is 2.06. The van der Waals surface area contributed by atoms with Gasteiger partial charge in [-0.05, 0) is 36.0 Å². The minimum absolute atomic E-state index is 0.0486. The van der Waals surface area contributed by atoms with Crippen LogP contribution in [-0.2, 0) is 6.42 Å². The third-order valence-electron chi connectivity index (χ3n) is 4.14. The average molecular weight is 250 g/mol. The lowest BCUT2D eigenvalue weighted by atomic mass is 9.71. The zero-order valence-electron chi connectivity index (χ0n) is 10.8. The monoisotopic (exact) mass is 250 g/mol. The molecule has 0 amide bonds. The van der Waals surface area contributed by atoms with Gasteiger partial charge in [0.2, 0.25) is 0 Å². The van der Waals surface area contributed by atoms with Crippen LogP contribution in [0.3, 0.4) is 0 Å². The predicted molar refractivity (Wildman–Crippen MR) is 75.4 cm³/mol. The maximum atomic E-state index is 10.8. The Morgan fingerprint density at radius 2 is 1.94 bits per heavy atom. The molecule has 1 aromatic rings. The van der Waals surface area contributed by atoms with Crippen molar-refractivity contribution < 1.29 is 5.11 Å². The van der Waals surface area contributed by atoms with E-state index >= 15 is 0 Å². The molecule has 0 spiro atoms. The third kappa shape index (κ3) is 2.86. The Hall–Kier alpha value is -0.470. The highest BCUT2D eigenvalue weighted by molar-refractivity contribution is 7.99. The Morgan fingerprint density at radius 1 is 1.24 bits per heavy atom.